The zero-order valence-corrected chi connectivity index (χ0v) is 12.4. The number of nitrogens with zero attached hydrogens (tertiary/aromatic N) is 3. The van der Waals surface area contributed by atoms with E-state index in [1.165, 1.54) is 11.8 Å². The van der Waals surface area contributed by atoms with Crippen molar-refractivity contribution in [2.24, 2.45) is 0 Å². The molecule has 0 saturated heterocycles. The predicted octanol–water partition coefficient (Wildman–Crippen LogP) is 0.461. The van der Waals surface area contributed by atoms with Gasteiger partial charge >= 0.3 is 12.1 Å². The number of amides is 2. The highest BCUT2D eigenvalue weighted by molar-refractivity contribution is 5.92. The molecular weight excluding hydrogens is 280 g/mol. The first-order valence-electron chi connectivity index (χ1n) is 6.39. The quantitative estimate of drug-likeness (QED) is 0.786. The maximum absolute atomic E-state index is 11.7. The Labute approximate surface area is 121 Å². The number of hydrogen-bond acceptors (Lipinski definition) is 7. The van der Waals surface area contributed by atoms with E-state index in [1.807, 2.05) is 19.2 Å². The number of esters is 1. The van der Waals surface area contributed by atoms with E-state index in [0.29, 0.717) is 5.69 Å². The second-order valence-corrected chi connectivity index (χ2v) is 4.40. The van der Waals surface area contributed by atoms with Crippen LogP contribution in [0.3, 0.4) is 0 Å². The Morgan fingerprint density at radius 3 is 2.52 bits per heavy atom. The fourth-order valence-corrected chi connectivity index (χ4v) is 1.71. The first-order chi connectivity index (χ1) is 9.90. The maximum Gasteiger partial charge on any atom is 0.413 e. The third-order valence-electron chi connectivity index (χ3n) is 2.51. The molecule has 21 heavy (non-hydrogen) atoms. The predicted molar refractivity (Wildman–Crippen MR) is 70.6 cm³/mol. The molecule has 0 bridgehead atoms. The fraction of sp³-hybridized carbons (Fsp3) is 0.583. The van der Waals surface area contributed by atoms with Gasteiger partial charge < -0.3 is 9.47 Å². The molecule has 1 N–H and O–H groups in total. The van der Waals surface area contributed by atoms with Crippen molar-refractivity contribution in [3.8, 4) is 0 Å². The molecular formula is C12H18N4O5. The van der Waals surface area contributed by atoms with Crippen molar-refractivity contribution in [3.63, 3.8) is 0 Å². The van der Waals surface area contributed by atoms with Crippen LogP contribution in [-0.4, -0.2) is 46.7 Å². The fourth-order valence-electron chi connectivity index (χ4n) is 1.71. The molecule has 0 aromatic carbocycles. The summed E-state index contributed by atoms with van der Waals surface area (Å²) in [6.45, 7) is 5.18. The summed E-state index contributed by atoms with van der Waals surface area (Å²) in [4.78, 5) is 34.4. The van der Waals surface area contributed by atoms with Gasteiger partial charge in [0.2, 0.25) is 0 Å². The molecule has 0 radical (unpaired) electrons. The summed E-state index contributed by atoms with van der Waals surface area (Å²) in [5.74, 6) is -1.35. The second kappa shape index (κ2) is 7.36. The van der Waals surface area contributed by atoms with Crippen molar-refractivity contribution in [2.75, 3.05) is 13.7 Å². The zero-order chi connectivity index (χ0) is 16.0. The second-order valence-electron chi connectivity index (χ2n) is 4.40. The number of methoxy groups -OCH3 is 1. The maximum atomic E-state index is 11.7. The van der Waals surface area contributed by atoms with Crippen LogP contribution >= 0.6 is 0 Å². The van der Waals surface area contributed by atoms with E-state index in [0.717, 1.165) is 0 Å². The van der Waals surface area contributed by atoms with E-state index in [4.69, 9.17) is 0 Å². The van der Waals surface area contributed by atoms with E-state index < -0.39 is 18.0 Å². The lowest BCUT2D eigenvalue weighted by Gasteiger charge is -2.10. The monoisotopic (exact) mass is 298 g/mol. The number of alkyl carbamates (subject to hydrolysis) is 1. The Balaban J connectivity index is 2.88. The lowest BCUT2D eigenvalue weighted by atomic mass is 10.1. The Morgan fingerprint density at radius 1 is 1.33 bits per heavy atom. The first kappa shape index (κ1) is 16.6. The van der Waals surface area contributed by atoms with Crippen molar-refractivity contribution in [2.45, 2.75) is 33.2 Å². The number of carbonyl (C=O) groups is 3. The topological polar surface area (TPSA) is 112 Å². The van der Waals surface area contributed by atoms with Crippen LogP contribution in [-0.2, 0) is 20.8 Å². The van der Waals surface area contributed by atoms with Crippen LogP contribution in [0.4, 0.5) is 4.79 Å². The molecule has 0 atom stereocenters. The molecule has 0 spiro atoms. The van der Waals surface area contributed by atoms with E-state index in [2.05, 4.69) is 19.8 Å². The average Bonchev–Trinajstić information content (AvgIpc) is 2.81. The van der Waals surface area contributed by atoms with Crippen molar-refractivity contribution >= 4 is 18.0 Å². The highest BCUT2D eigenvalue weighted by atomic mass is 16.5. The molecule has 0 saturated carbocycles. The minimum atomic E-state index is -0.832. The minimum Gasteiger partial charge on any atom is -0.464 e. The van der Waals surface area contributed by atoms with E-state index >= 15 is 0 Å². The number of nitrogens with one attached hydrogen (secondary N) is 1. The van der Waals surface area contributed by atoms with Gasteiger partial charge in [-0.2, -0.15) is 0 Å². The van der Waals surface area contributed by atoms with Gasteiger partial charge in [-0.1, -0.05) is 19.1 Å². The Kier molecular flexibility index (Phi) is 5.82. The summed E-state index contributed by atoms with van der Waals surface area (Å²) in [6, 6.07) is 0. The van der Waals surface area contributed by atoms with Crippen LogP contribution in [0.2, 0.25) is 0 Å². The van der Waals surface area contributed by atoms with E-state index in [-0.39, 0.29) is 24.8 Å². The van der Waals surface area contributed by atoms with Crippen molar-refractivity contribution in [1.29, 1.82) is 0 Å². The van der Waals surface area contributed by atoms with Gasteiger partial charge in [-0.15, -0.1) is 5.10 Å². The van der Waals surface area contributed by atoms with Crippen LogP contribution in [0.5, 0.6) is 0 Å². The first-order valence-corrected chi connectivity index (χ1v) is 6.39. The van der Waals surface area contributed by atoms with Crippen LogP contribution in [0.1, 0.15) is 42.9 Å². The summed E-state index contributed by atoms with van der Waals surface area (Å²) < 4.78 is 10.5. The van der Waals surface area contributed by atoms with Gasteiger partial charge in [-0.25, -0.2) is 14.3 Å². The smallest absolute Gasteiger partial charge is 0.413 e. The summed E-state index contributed by atoms with van der Waals surface area (Å²) >= 11 is 0. The molecule has 0 unspecified atom stereocenters. The van der Waals surface area contributed by atoms with Crippen molar-refractivity contribution < 1.29 is 23.9 Å². The van der Waals surface area contributed by atoms with Crippen molar-refractivity contribution in [1.82, 2.24) is 20.3 Å². The third kappa shape index (κ3) is 4.26. The molecule has 2 amide bonds. The molecule has 0 fully saturated rings. The van der Waals surface area contributed by atoms with Gasteiger partial charge in [0.1, 0.15) is 6.54 Å². The summed E-state index contributed by atoms with van der Waals surface area (Å²) in [5, 5.41) is 9.51. The lowest BCUT2D eigenvalue weighted by Crippen LogP contribution is -2.34. The summed E-state index contributed by atoms with van der Waals surface area (Å²) in [5.41, 5.74) is 0.511. The van der Waals surface area contributed by atoms with Gasteiger partial charge in [0.15, 0.2) is 5.69 Å². The SMILES string of the molecule is CCOC(=O)NC(=O)Cn1nnc(C(=O)OC)c1C(C)C. The Hall–Kier alpha value is -2.45. The third-order valence-corrected chi connectivity index (χ3v) is 2.51. The number of imide groups is 1. The molecule has 1 rings (SSSR count). The zero-order valence-electron chi connectivity index (χ0n) is 12.4. The van der Waals surface area contributed by atoms with Gasteiger partial charge in [-0.05, 0) is 12.8 Å². The molecule has 9 heteroatoms. The Morgan fingerprint density at radius 2 is 2.00 bits per heavy atom. The molecule has 0 aliphatic heterocycles. The van der Waals surface area contributed by atoms with Crippen LogP contribution in [0, 0.1) is 0 Å². The van der Waals surface area contributed by atoms with Gasteiger partial charge in [0.05, 0.1) is 19.4 Å². The van der Waals surface area contributed by atoms with E-state index in [9.17, 15) is 14.4 Å². The van der Waals surface area contributed by atoms with Crippen molar-refractivity contribution in [3.05, 3.63) is 11.4 Å². The average molecular weight is 298 g/mol. The standard InChI is InChI=1S/C12H18N4O5/c1-5-21-12(19)13-8(17)6-16-10(7(2)3)9(14-15-16)11(18)20-4/h7H,5-6H2,1-4H3,(H,13,17,19). The lowest BCUT2D eigenvalue weighted by molar-refractivity contribution is -0.121. The Bertz CT molecular complexity index is 538. The highest BCUT2D eigenvalue weighted by Gasteiger charge is 2.24. The van der Waals surface area contributed by atoms with E-state index in [1.54, 1.807) is 6.92 Å². The molecule has 116 valence electrons. The number of hydrogen-bond donors (Lipinski definition) is 1. The minimum absolute atomic E-state index is 0.0523. The molecule has 1 heterocycles. The molecule has 0 aliphatic carbocycles. The molecule has 1 aromatic rings. The number of carbonyl (C=O) groups excluding carboxylic acids is 3. The van der Waals surface area contributed by atoms with Crippen LogP contribution < -0.4 is 5.32 Å². The molecule has 1 aromatic heterocycles. The highest BCUT2D eigenvalue weighted by Crippen LogP contribution is 2.18. The molecule has 9 nitrogen and oxygen atoms in total. The van der Waals surface area contributed by atoms with Gasteiger partial charge in [-0.3, -0.25) is 10.1 Å². The molecule has 0 aliphatic rings. The largest absolute Gasteiger partial charge is 0.464 e. The summed E-state index contributed by atoms with van der Waals surface area (Å²) in [6.07, 6.45) is -0.832. The number of rotatable bonds is 5. The number of aromatic nitrogens is 3. The van der Waals surface area contributed by atoms with Crippen LogP contribution in [0.15, 0.2) is 0 Å². The number of ether oxygens (including phenoxy) is 2. The van der Waals surface area contributed by atoms with Gasteiger partial charge in [0.25, 0.3) is 5.91 Å². The van der Waals surface area contributed by atoms with Gasteiger partial charge in [0, 0.05) is 0 Å². The van der Waals surface area contributed by atoms with Crippen LogP contribution in [0.25, 0.3) is 0 Å². The normalized spacial score (nSPS) is 10.3. The summed E-state index contributed by atoms with van der Waals surface area (Å²) in [7, 11) is 1.24.